The Bertz CT molecular complexity index is 487. The van der Waals surface area contributed by atoms with E-state index < -0.39 is 18.6 Å². The van der Waals surface area contributed by atoms with Crippen molar-refractivity contribution in [1.82, 2.24) is 4.98 Å². The van der Waals surface area contributed by atoms with Gasteiger partial charge in [0.05, 0.1) is 11.4 Å². The highest BCUT2D eigenvalue weighted by molar-refractivity contribution is 5.95. The summed E-state index contributed by atoms with van der Waals surface area (Å²) in [6.45, 7) is 3.61. The number of carboxylic acid groups (broad SMARTS) is 1. The van der Waals surface area contributed by atoms with E-state index in [0.717, 1.165) is 0 Å². The molecule has 0 bridgehead atoms. The number of nitrogens with zero attached hydrogens (tertiary/aromatic N) is 1. The standard InChI is InChI=1S/C13H17F3N2O2/c1-8-7-10(11(12(19)20)9(2)18-8)17-6-4-3-5-13(14,15)16/h7H,3-6H2,1-2H3,(H,17,18)(H,19,20). The first kappa shape index (κ1) is 16.3. The normalized spacial score (nSPS) is 11.4. The number of aromatic carboxylic acids is 1. The largest absolute Gasteiger partial charge is 0.478 e. The molecule has 112 valence electrons. The molecule has 0 atom stereocenters. The lowest BCUT2D eigenvalue weighted by Crippen LogP contribution is -2.12. The van der Waals surface area contributed by atoms with E-state index in [1.807, 2.05) is 0 Å². The van der Waals surface area contributed by atoms with Crippen LogP contribution in [0.4, 0.5) is 18.9 Å². The predicted molar refractivity (Wildman–Crippen MR) is 69.1 cm³/mol. The smallest absolute Gasteiger partial charge is 0.389 e. The third-order valence-electron chi connectivity index (χ3n) is 2.74. The molecule has 1 aromatic heterocycles. The van der Waals surface area contributed by atoms with Crippen LogP contribution in [-0.2, 0) is 0 Å². The lowest BCUT2D eigenvalue weighted by Gasteiger charge is -2.12. The molecule has 0 aliphatic heterocycles. The van der Waals surface area contributed by atoms with Crippen LogP contribution in [0.2, 0.25) is 0 Å². The number of aromatic nitrogens is 1. The van der Waals surface area contributed by atoms with Gasteiger partial charge >= 0.3 is 12.1 Å². The Labute approximate surface area is 115 Å². The number of hydrogen-bond acceptors (Lipinski definition) is 3. The van der Waals surface area contributed by atoms with Gasteiger partial charge in [-0.2, -0.15) is 13.2 Å². The van der Waals surface area contributed by atoms with Crippen LogP contribution in [0.25, 0.3) is 0 Å². The number of alkyl halides is 3. The number of unbranched alkanes of at least 4 members (excludes halogenated alkanes) is 1. The summed E-state index contributed by atoms with van der Waals surface area (Å²) in [5.74, 6) is -1.10. The second kappa shape index (κ2) is 6.58. The molecule has 7 heteroatoms. The van der Waals surface area contributed by atoms with Crippen molar-refractivity contribution in [3.05, 3.63) is 23.0 Å². The lowest BCUT2D eigenvalue weighted by molar-refractivity contribution is -0.135. The maximum atomic E-state index is 12.0. The van der Waals surface area contributed by atoms with Crippen molar-refractivity contribution in [2.75, 3.05) is 11.9 Å². The van der Waals surface area contributed by atoms with Crippen LogP contribution in [0, 0.1) is 13.8 Å². The number of halogens is 3. The molecule has 0 aliphatic rings. The highest BCUT2D eigenvalue weighted by Crippen LogP contribution is 2.23. The molecule has 0 fully saturated rings. The molecular formula is C13H17F3N2O2. The van der Waals surface area contributed by atoms with Crippen LogP contribution in [0.1, 0.15) is 41.0 Å². The molecule has 2 N–H and O–H groups in total. The van der Waals surface area contributed by atoms with Gasteiger partial charge in [0.1, 0.15) is 5.56 Å². The fourth-order valence-electron chi connectivity index (χ4n) is 1.91. The van der Waals surface area contributed by atoms with Crippen molar-refractivity contribution in [3.8, 4) is 0 Å². The highest BCUT2D eigenvalue weighted by atomic mass is 19.4. The van der Waals surface area contributed by atoms with E-state index in [4.69, 9.17) is 5.11 Å². The number of rotatable bonds is 6. The number of nitrogens with one attached hydrogen (secondary N) is 1. The van der Waals surface area contributed by atoms with Gasteiger partial charge in [-0.1, -0.05) is 0 Å². The SMILES string of the molecule is Cc1cc(NCCCCC(F)(F)F)c(C(=O)O)c(C)n1. The number of pyridine rings is 1. The quantitative estimate of drug-likeness (QED) is 0.787. The molecular weight excluding hydrogens is 273 g/mol. The molecule has 20 heavy (non-hydrogen) atoms. The lowest BCUT2D eigenvalue weighted by atomic mass is 10.1. The summed E-state index contributed by atoms with van der Waals surface area (Å²) in [5.41, 5.74) is 1.50. The fourth-order valence-corrected chi connectivity index (χ4v) is 1.91. The van der Waals surface area contributed by atoms with Gasteiger partial charge < -0.3 is 10.4 Å². The highest BCUT2D eigenvalue weighted by Gasteiger charge is 2.25. The second-order valence-corrected chi connectivity index (χ2v) is 4.58. The fraction of sp³-hybridized carbons (Fsp3) is 0.538. The van der Waals surface area contributed by atoms with E-state index in [1.54, 1.807) is 19.9 Å². The molecule has 1 heterocycles. The minimum atomic E-state index is -4.14. The van der Waals surface area contributed by atoms with Gasteiger partial charge in [-0.25, -0.2) is 4.79 Å². The van der Waals surface area contributed by atoms with Crippen molar-refractivity contribution in [2.24, 2.45) is 0 Å². The first-order chi connectivity index (χ1) is 9.20. The van der Waals surface area contributed by atoms with Crippen molar-refractivity contribution in [3.63, 3.8) is 0 Å². The second-order valence-electron chi connectivity index (χ2n) is 4.58. The zero-order valence-corrected chi connectivity index (χ0v) is 11.3. The molecule has 0 aliphatic carbocycles. The molecule has 0 radical (unpaired) electrons. The average molecular weight is 290 g/mol. The van der Waals surface area contributed by atoms with E-state index >= 15 is 0 Å². The van der Waals surface area contributed by atoms with Gasteiger partial charge in [-0.05, 0) is 32.8 Å². The third kappa shape index (κ3) is 5.07. The van der Waals surface area contributed by atoms with Gasteiger partial charge in [-0.3, -0.25) is 4.98 Å². The number of anilines is 1. The van der Waals surface area contributed by atoms with E-state index in [9.17, 15) is 18.0 Å². The van der Waals surface area contributed by atoms with Crippen LogP contribution in [-0.4, -0.2) is 28.8 Å². The minimum absolute atomic E-state index is 0.0158. The molecule has 0 saturated carbocycles. The number of hydrogen-bond donors (Lipinski definition) is 2. The molecule has 0 spiro atoms. The zero-order chi connectivity index (χ0) is 15.3. The van der Waals surface area contributed by atoms with Crippen molar-refractivity contribution < 1.29 is 23.1 Å². The van der Waals surface area contributed by atoms with Gasteiger partial charge in [-0.15, -0.1) is 0 Å². The van der Waals surface area contributed by atoms with E-state index in [-0.39, 0.29) is 12.0 Å². The Morgan fingerprint density at radius 2 is 2.00 bits per heavy atom. The molecule has 0 amide bonds. The third-order valence-corrected chi connectivity index (χ3v) is 2.74. The minimum Gasteiger partial charge on any atom is -0.478 e. The molecule has 0 saturated heterocycles. The Morgan fingerprint density at radius 1 is 1.35 bits per heavy atom. The maximum absolute atomic E-state index is 12.0. The predicted octanol–water partition coefficient (Wildman–Crippen LogP) is 3.54. The van der Waals surface area contributed by atoms with Gasteiger partial charge in [0, 0.05) is 18.7 Å². The van der Waals surface area contributed by atoms with Crippen molar-refractivity contribution in [1.29, 1.82) is 0 Å². The summed E-state index contributed by atoms with van der Waals surface area (Å²) < 4.78 is 35.9. The number of carboxylic acids is 1. The Balaban J connectivity index is 2.62. The number of aryl methyl sites for hydroxylation is 2. The summed E-state index contributed by atoms with van der Waals surface area (Å²) in [7, 11) is 0. The maximum Gasteiger partial charge on any atom is 0.389 e. The Morgan fingerprint density at radius 3 is 2.55 bits per heavy atom. The van der Waals surface area contributed by atoms with Crippen LogP contribution in [0.15, 0.2) is 6.07 Å². The molecule has 1 rings (SSSR count). The molecule has 0 aromatic carbocycles. The van der Waals surface area contributed by atoms with Crippen LogP contribution in [0.5, 0.6) is 0 Å². The summed E-state index contributed by atoms with van der Waals surface area (Å²) >= 11 is 0. The van der Waals surface area contributed by atoms with E-state index in [0.29, 0.717) is 30.0 Å². The zero-order valence-electron chi connectivity index (χ0n) is 11.3. The van der Waals surface area contributed by atoms with Crippen LogP contribution in [0.3, 0.4) is 0 Å². The molecule has 4 nitrogen and oxygen atoms in total. The van der Waals surface area contributed by atoms with Gasteiger partial charge in [0.15, 0.2) is 0 Å². The average Bonchev–Trinajstić information content (AvgIpc) is 2.25. The summed E-state index contributed by atoms with van der Waals surface area (Å²) in [4.78, 5) is 15.2. The van der Waals surface area contributed by atoms with Gasteiger partial charge in [0.2, 0.25) is 0 Å². The topological polar surface area (TPSA) is 62.2 Å². The van der Waals surface area contributed by atoms with E-state index in [1.165, 1.54) is 0 Å². The monoisotopic (exact) mass is 290 g/mol. The summed E-state index contributed by atoms with van der Waals surface area (Å²) in [5, 5.41) is 12.0. The first-order valence-electron chi connectivity index (χ1n) is 6.23. The molecule has 0 unspecified atom stereocenters. The Kier molecular flexibility index (Phi) is 5.35. The molecule has 1 aromatic rings. The number of carbonyl (C=O) groups is 1. The van der Waals surface area contributed by atoms with Crippen LogP contribution >= 0.6 is 0 Å². The Hall–Kier alpha value is -1.79. The van der Waals surface area contributed by atoms with Crippen molar-refractivity contribution in [2.45, 2.75) is 39.3 Å². The van der Waals surface area contributed by atoms with Gasteiger partial charge in [0.25, 0.3) is 0 Å². The summed E-state index contributed by atoms with van der Waals surface area (Å²) in [6, 6.07) is 1.58. The van der Waals surface area contributed by atoms with Crippen molar-refractivity contribution >= 4 is 11.7 Å². The first-order valence-corrected chi connectivity index (χ1v) is 6.23. The van der Waals surface area contributed by atoms with E-state index in [2.05, 4.69) is 10.3 Å². The van der Waals surface area contributed by atoms with Crippen LogP contribution < -0.4 is 5.32 Å². The summed E-state index contributed by atoms with van der Waals surface area (Å²) in [6.07, 6.45) is -4.63.